The predicted octanol–water partition coefficient (Wildman–Crippen LogP) is 1.96. The van der Waals surface area contributed by atoms with Gasteiger partial charge >= 0.3 is 12.0 Å². The van der Waals surface area contributed by atoms with Crippen molar-refractivity contribution >= 4 is 21.8 Å². The summed E-state index contributed by atoms with van der Waals surface area (Å²) in [6.45, 7) is 0. The molecule has 10 heteroatoms. The number of hydrogen-bond acceptors (Lipinski definition) is 7. The zero-order chi connectivity index (χ0) is 22.6. The molecule has 2 N–H and O–H groups in total. The van der Waals surface area contributed by atoms with Crippen LogP contribution in [-0.4, -0.2) is 47.5 Å². The average molecular weight is 446 g/mol. The van der Waals surface area contributed by atoms with Gasteiger partial charge in [-0.3, -0.25) is 0 Å². The Kier molecular flexibility index (Phi) is 6.50. The largest absolute Gasteiger partial charge is 0.493 e. The van der Waals surface area contributed by atoms with Gasteiger partial charge in [0.25, 0.3) is 0 Å². The highest BCUT2D eigenvalue weighted by atomic mass is 32.2. The Balaban J connectivity index is 2.11. The highest BCUT2D eigenvalue weighted by molar-refractivity contribution is 7.91. The molecule has 0 saturated heterocycles. The van der Waals surface area contributed by atoms with E-state index in [2.05, 4.69) is 10.6 Å². The zero-order valence-electron chi connectivity index (χ0n) is 17.2. The number of ether oxygens (including phenoxy) is 3. The fourth-order valence-corrected chi connectivity index (χ4v) is 4.61. The normalized spacial score (nSPS) is 16.2. The maximum atomic E-state index is 12.9. The van der Waals surface area contributed by atoms with Crippen LogP contribution in [0.25, 0.3) is 0 Å². The molecular formula is C21H22N2O7S. The van der Waals surface area contributed by atoms with E-state index in [1.165, 1.54) is 33.5 Å². The van der Waals surface area contributed by atoms with Crippen molar-refractivity contribution in [1.82, 2.24) is 10.6 Å². The SMILES string of the molecule is COC(=O)C1=C(CS(=O)(=O)c2ccccc2)NC(=O)N[C@H]1c1ccc(OC)c(OC)c1. The van der Waals surface area contributed by atoms with E-state index in [0.717, 1.165) is 0 Å². The molecule has 0 aliphatic carbocycles. The second-order valence-electron chi connectivity index (χ2n) is 6.60. The van der Waals surface area contributed by atoms with Crippen molar-refractivity contribution in [2.45, 2.75) is 10.9 Å². The van der Waals surface area contributed by atoms with Crippen molar-refractivity contribution in [3.05, 3.63) is 65.4 Å². The first-order valence-corrected chi connectivity index (χ1v) is 10.8. The predicted molar refractivity (Wildman–Crippen MR) is 111 cm³/mol. The van der Waals surface area contributed by atoms with Gasteiger partial charge in [-0.25, -0.2) is 18.0 Å². The first kappa shape index (κ1) is 22.2. The average Bonchev–Trinajstić information content (AvgIpc) is 2.78. The molecule has 2 amide bonds. The Morgan fingerprint density at radius 3 is 2.29 bits per heavy atom. The summed E-state index contributed by atoms with van der Waals surface area (Å²) in [6, 6.07) is 11.0. The molecule has 9 nitrogen and oxygen atoms in total. The molecule has 1 aliphatic heterocycles. The minimum Gasteiger partial charge on any atom is -0.493 e. The highest BCUT2D eigenvalue weighted by Gasteiger charge is 2.36. The van der Waals surface area contributed by atoms with Crippen LogP contribution >= 0.6 is 0 Å². The number of hydrogen-bond donors (Lipinski definition) is 2. The van der Waals surface area contributed by atoms with E-state index in [1.54, 1.807) is 36.4 Å². The van der Waals surface area contributed by atoms with Gasteiger partial charge in [0.1, 0.15) is 0 Å². The Morgan fingerprint density at radius 1 is 1.00 bits per heavy atom. The number of methoxy groups -OCH3 is 3. The fourth-order valence-electron chi connectivity index (χ4n) is 3.27. The first-order chi connectivity index (χ1) is 14.8. The van der Waals surface area contributed by atoms with Crippen molar-refractivity contribution in [3.8, 4) is 11.5 Å². The number of benzene rings is 2. The summed E-state index contributed by atoms with van der Waals surface area (Å²) in [5, 5.41) is 5.09. The van der Waals surface area contributed by atoms with Gasteiger partial charge in [-0.1, -0.05) is 24.3 Å². The van der Waals surface area contributed by atoms with Gasteiger partial charge in [-0.15, -0.1) is 0 Å². The van der Waals surface area contributed by atoms with Crippen molar-refractivity contribution in [2.24, 2.45) is 0 Å². The molecule has 164 valence electrons. The number of nitrogens with one attached hydrogen (secondary N) is 2. The molecule has 0 fully saturated rings. The van der Waals surface area contributed by atoms with Crippen LogP contribution in [0.3, 0.4) is 0 Å². The van der Waals surface area contributed by atoms with Crippen LogP contribution in [0.15, 0.2) is 64.7 Å². The molecule has 1 heterocycles. The Morgan fingerprint density at radius 2 is 1.68 bits per heavy atom. The number of sulfone groups is 1. The van der Waals surface area contributed by atoms with E-state index in [1.807, 2.05) is 0 Å². The van der Waals surface area contributed by atoms with Gasteiger partial charge in [-0.05, 0) is 29.8 Å². The van der Waals surface area contributed by atoms with Crippen LogP contribution in [0.2, 0.25) is 0 Å². The quantitative estimate of drug-likeness (QED) is 0.624. The van der Waals surface area contributed by atoms with Crippen LogP contribution in [0.1, 0.15) is 11.6 Å². The van der Waals surface area contributed by atoms with Gasteiger partial charge in [0.05, 0.1) is 43.6 Å². The van der Waals surface area contributed by atoms with E-state index < -0.39 is 33.6 Å². The van der Waals surface area contributed by atoms with Crippen LogP contribution in [0.5, 0.6) is 11.5 Å². The van der Waals surface area contributed by atoms with E-state index in [4.69, 9.17) is 14.2 Å². The molecule has 2 aromatic rings. The van der Waals surface area contributed by atoms with Crippen molar-refractivity contribution in [2.75, 3.05) is 27.1 Å². The summed E-state index contributed by atoms with van der Waals surface area (Å²) >= 11 is 0. The highest BCUT2D eigenvalue weighted by Crippen LogP contribution is 2.34. The van der Waals surface area contributed by atoms with E-state index >= 15 is 0 Å². The van der Waals surface area contributed by atoms with Crippen molar-refractivity contribution < 1.29 is 32.2 Å². The van der Waals surface area contributed by atoms with Gasteiger partial charge in [0.15, 0.2) is 21.3 Å². The van der Waals surface area contributed by atoms with Crippen molar-refractivity contribution in [3.63, 3.8) is 0 Å². The molecule has 1 aliphatic rings. The third-order valence-electron chi connectivity index (χ3n) is 4.74. The summed E-state index contributed by atoms with van der Waals surface area (Å²) in [5.41, 5.74) is 0.413. The van der Waals surface area contributed by atoms with Gasteiger partial charge in [0, 0.05) is 5.70 Å². The lowest BCUT2D eigenvalue weighted by atomic mass is 9.95. The third-order valence-corrected chi connectivity index (χ3v) is 6.40. The summed E-state index contributed by atoms with van der Waals surface area (Å²) < 4.78 is 41.2. The molecule has 0 unspecified atom stereocenters. The molecule has 0 radical (unpaired) electrons. The smallest absolute Gasteiger partial charge is 0.338 e. The minimum absolute atomic E-state index is 0.0196. The first-order valence-electron chi connectivity index (χ1n) is 9.19. The summed E-state index contributed by atoms with van der Waals surface area (Å²) in [4.78, 5) is 25.1. The van der Waals surface area contributed by atoms with E-state index in [9.17, 15) is 18.0 Å². The number of esters is 1. The number of carbonyl (C=O) groups excluding carboxylic acids is 2. The molecule has 0 saturated carbocycles. The molecule has 0 aromatic heterocycles. The molecule has 31 heavy (non-hydrogen) atoms. The number of amides is 2. The van der Waals surface area contributed by atoms with Crippen LogP contribution in [-0.2, 0) is 19.4 Å². The van der Waals surface area contributed by atoms with E-state index in [0.29, 0.717) is 17.1 Å². The molecule has 0 spiro atoms. The summed E-state index contributed by atoms with van der Waals surface area (Å²) in [6.07, 6.45) is 0. The lowest BCUT2D eigenvalue weighted by Gasteiger charge is -2.29. The van der Waals surface area contributed by atoms with Gasteiger partial charge in [0.2, 0.25) is 0 Å². The number of carbonyl (C=O) groups is 2. The molecule has 2 aromatic carbocycles. The van der Waals surface area contributed by atoms with Crippen LogP contribution in [0.4, 0.5) is 4.79 Å². The second kappa shape index (κ2) is 9.09. The molecule has 1 atom stereocenters. The van der Waals surface area contributed by atoms with Gasteiger partial charge < -0.3 is 24.8 Å². The van der Waals surface area contributed by atoms with Crippen LogP contribution in [0, 0.1) is 0 Å². The summed E-state index contributed by atoms with van der Waals surface area (Å²) in [5.74, 6) is -0.512. The number of urea groups is 1. The maximum Gasteiger partial charge on any atom is 0.338 e. The second-order valence-corrected chi connectivity index (χ2v) is 8.59. The third kappa shape index (κ3) is 4.64. The van der Waals surface area contributed by atoms with E-state index in [-0.39, 0.29) is 16.2 Å². The fraction of sp³-hybridized carbons (Fsp3) is 0.238. The minimum atomic E-state index is -3.84. The Bertz CT molecular complexity index is 1130. The molecule has 0 bridgehead atoms. The van der Waals surface area contributed by atoms with Crippen molar-refractivity contribution in [1.29, 1.82) is 0 Å². The van der Waals surface area contributed by atoms with Crippen LogP contribution < -0.4 is 20.1 Å². The topological polar surface area (TPSA) is 120 Å². The zero-order valence-corrected chi connectivity index (χ0v) is 18.0. The lowest BCUT2D eigenvalue weighted by Crippen LogP contribution is -2.47. The summed E-state index contributed by atoms with van der Waals surface area (Å²) in [7, 11) is 0.280. The lowest BCUT2D eigenvalue weighted by molar-refractivity contribution is -0.136. The Hall–Kier alpha value is -3.53. The van der Waals surface area contributed by atoms with Gasteiger partial charge in [-0.2, -0.15) is 0 Å². The Labute approximate surface area is 179 Å². The standard InChI is InChI=1S/C21H22N2O7S/c1-28-16-10-9-13(11-17(16)29-2)19-18(20(24)30-3)15(22-21(25)23-19)12-31(26,27)14-7-5-4-6-8-14/h4-11,19H,12H2,1-3H3,(H2,22,23,25)/t19-/m0/s1. The number of rotatable bonds is 7. The monoisotopic (exact) mass is 446 g/mol. The molecular weight excluding hydrogens is 424 g/mol. The maximum absolute atomic E-state index is 12.9. The molecule has 3 rings (SSSR count).